The highest BCUT2D eigenvalue weighted by atomic mass is 16.2. The molecule has 0 aliphatic carbocycles. The number of nitrogens with one attached hydrogen (secondary N) is 2. The molecule has 2 N–H and O–H groups in total. The topological polar surface area (TPSA) is 98.7 Å². The fraction of sp³-hybridized carbons (Fsp3) is 0.125. The number of aromatic nitrogens is 3. The largest absolute Gasteiger partial charge is 0.345 e. The zero-order chi connectivity index (χ0) is 22.0. The van der Waals surface area contributed by atoms with E-state index in [0.29, 0.717) is 17.7 Å². The first kappa shape index (κ1) is 20.2. The van der Waals surface area contributed by atoms with Gasteiger partial charge in [0.05, 0.1) is 11.2 Å². The van der Waals surface area contributed by atoms with Gasteiger partial charge in [0.25, 0.3) is 5.91 Å². The fourth-order valence-electron chi connectivity index (χ4n) is 3.33. The van der Waals surface area contributed by atoms with Gasteiger partial charge in [-0.3, -0.25) is 20.6 Å². The zero-order valence-electron chi connectivity index (χ0n) is 17.3. The summed E-state index contributed by atoms with van der Waals surface area (Å²) in [7, 11) is 3.43. The lowest BCUT2D eigenvalue weighted by atomic mass is 10.1. The molecule has 2 aromatic heterocycles. The third-order valence-corrected chi connectivity index (χ3v) is 4.96. The van der Waals surface area contributed by atoms with Crippen molar-refractivity contribution in [1.82, 2.24) is 19.7 Å². The Morgan fingerprint density at radius 3 is 2.55 bits per heavy atom. The Morgan fingerprint density at radius 2 is 1.81 bits per heavy atom. The number of hydrogen-bond acceptors (Lipinski definition) is 5. The van der Waals surface area contributed by atoms with E-state index in [0.717, 1.165) is 22.0 Å². The van der Waals surface area contributed by atoms with E-state index in [9.17, 15) is 4.79 Å². The lowest BCUT2D eigenvalue weighted by Crippen LogP contribution is -2.30. The van der Waals surface area contributed by atoms with Crippen molar-refractivity contribution in [2.45, 2.75) is 6.42 Å². The molecule has 0 aliphatic rings. The Hall–Kier alpha value is -4.13. The lowest BCUT2D eigenvalue weighted by molar-refractivity contribution is 0.0827. The van der Waals surface area contributed by atoms with Crippen LogP contribution in [0, 0.1) is 10.8 Å². The summed E-state index contributed by atoms with van der Waals surface area (Å²) in [6.07, 6.45) is 2.10. The molecule has 0 radical (unpaired) electrons. The Bertz CT molecular complexity index is 1340. The average Bonchev–Trinajstić information content (AvgIpc) is 2.79. The van der Waals surface area contributed by atoms with Gasteiger partial charge in [-0.25, -0.2) is 4.68 Å². The van der Waals surface area contributed by atoms with Gasteiger partial charge >= 0.3 is 0 Å². The van der Waals surface area contributed by atoms with Crippen molar-refractivity contribution >= 4 is 22.6 Å². The van der Waals surface area contributed by atoms with Crippen molar-refractivity contribution in [3.05, 3.63) is 89.5 Å². The summed E-state index contributed by atoms with van der Waals surface area (Å²) in [5, 5.41) is 22.2. The third-order valence-electron chi connectivity index (χ3n) is 4.96. The van der Waals surface area contributed by atoms with Gasteiger partial charge < -0.3 is 4.90 Å². The summed E-state index contributed by atoms with van der Waals surface area (Å²) in [5.74, 6) is 0.137. The van der Waals surface area contributed by atoms with E-state index in [-0.39, 0.29) is 17.2 Å². The molecule has 0 unspecified atom stereocenters. The Balaban J connectivity index is 1.60. The third kappa shape index (κ3) is 4.25. The summed E-state index contributed by atoms with van der Waals surface area (Å²) < 4.78 is 1.33. The maximum Gasteiger partial charge on any atom is 0.253 e. The Labute approximate surface area is 179 Å². The van der Waals surface area contributed by atoms with Crippen LogP contribution in [0.2, 0.25) is 0 Å². The summed E-state index contributed by atoms with van der Waals surface area (Å²) in [6, 6.07) is 20.3. The molecular weight excluding hydrogens is 388 g/mol. The molecule has 31 heavy (non-hydrogen) atoms. The second kappa shape index (κ2) is 8.31. The molecule has 0 fully saturated rings. The van der Waals surface area contributed by atoms with E-state index in [1.165, 1.54) is 9.58 Å². The van der Waals surface area contributed by atoms with Crippen LogP contribution in [-0.2, 0) is 6.42 Å². The van der Waals surface area contributed by atoms with Crippen LogP contribution in [-0.4, -0.2) is 45.5 Å². The molecule has 0 saturated heterocycles. The van der Waals surface area contributed by atoms with Gasteiger partial charge in [-0.15, -0.1) is 0 Å². The van der Waals surface area contributed by atoms with Crippen LogP contribution >= 0.6 is 0 Å². The standard InChI is InChI=1S/C24H22N6O/c1-29(2)24(31)18-8-6-17(7-9-18)21-11-12-22(25)30(28-21)23(26)15-16-5-10-20-19(14-16)4-3-13-27-20/h3-14,25-26H,15H2,1-2H3. The fourth-order valence-corrected chi connectivity index (χ4v) is 3.33. The average molecular weight is 410 g/mol. The number of carbonyl (C=O) groups excluding carboxylic acids is 1. The van der Waals surface area contributed by atoms with Crippen LogP contribution in [0.15, 0.2) is 72.9 Å². The minimum absolute atomic E-state index is 0.0663. The van der Waals surface area contributed by atoms with Gasteiger partial charge in [-0.2, -0.15) is 5.10 Å². The van der Waals surface area contributed by atoms with E-state index >= 15 is 0 Å². The molecule has 7 nitrogen and oxygen atoms in total. The van der Waals surface area contributed by atoms with Crippen LogP contribution in [0.3, 0.4) is 0 Å². The minimum atomic E-state index is -0.0663. The number of benzene rings is 2. The van der Waals surface area contributed by atoms with Crippen molar-refractivity contribution in [1.29, 1.82) is 10.8 Å². The van der Waals surface area contributed by atoms with Crippen LogP contribution in [0.4, 0.5) is 0 Å². The van der Waals surface area contributed by atoms with E-state index < -0.39 is 0 Å². The van der Waals surface area contributed by atoms with Crippen LogP contribution in [0.25, 0.3) is 22.2 Å². The van der Waals surface area contributed by atoms with Gasteiger partial charge in [0.15, 0.2) is 0 Å². The SMILES string of the molecule is CN(C)C(=O)c1ccc(-c2ccc(=N)n(C(=N)Cc3ccc4ncccc4c3)n2)cc1. The van der Waals surface area contributed by atoms with Gasteiger partial charge in [0.2, 0.25) is 0 Å². The second-order valence-electron chi connectivity index (χ2n) is 7.45. The molecule has 7 heteroatoms. The number of pyridine rings is 1. The van der Waals surface area contributed by atoms with Crippen molar-refractivity contribution in [2.75, 3.05) is 14.1 Å². The number of amides is 1. The molecule has 2 aromatic carbocycles. The highest BCUT2D eigenvalue weighted by molar-refractivity contribution is 5.94. The quantitative estimate of drug-likeness (QED) is 0.399. The normalized spacial score (nSPS) is 10.8. The van der Waals surface area contributed by atoms with Crippen molar-refractivity contribution < 1.29 is 4.79 Å². The van der Waals surface area contributed by atoms with Crippen LogP contribution in [0.1, 0.15) is 15.9 Å². The summed E-state index contributed by atoms with van der Waals surface area (Å²) in [4.78, 5) is 17.9. The molecule has 0 spiro atoms. The Kier molecular flexibility index (Phi) is 5.41. The highest BCUT2D eigenvalue weighted by Gasteiger charge is 2.10. The number of rotatable bonds is 4. The van der Waals surface area contributed by atoms with E-state index in [4.69, 9.17) is 10.8 Å². The molecule has 0 saturated carbocycles. The molecule has 0 aliphatic heterocycles. The molecule has 4 aromatic rings. The first-order chi connectivity index (χ1) is 14.9. The molecule has 154 valence electrons. The predicted octanol–water partition coefficient (Wildman–Crippen LogP) is 3.35. The predicted molar refractivity (Wildman–Crippen MR) is 120 cm³/mol. The lowest BCUT2D eigenvalue weighted by Gasteiger charge is -2.12. The Morgan fingerprint density at radius 1 is 1.03 bits per heavy atom. The number of hydrogen-bond donors (Lipinski definition) is 2. The summed E-state index contributed by atoms with van der Waals surface area (Å²) in [6.45, 7) is 0. The molecule has 4 rings (SSSR count). The maximum atomic E-state index is 12.1. The molecule has 1 amide bonds. The van der Waals surface area contributed by atoms with Gasteiger partial charge in [0, 0.05) is 43.2 Å². The molecule has 0 bridgehead atoms. The number of nitrogens with zero attached hydrogens (tertiary/aromatic N) is 4. The smallest absolute Gasteiger partial charge is 0.253 e. The van der Waals surface area contributed by atoms with Crippen LogP contribution in [0.5, 0.6) is 0 Å². The van der Waals surface area contributed by atoms with Crippen LogP contribution < -0.4 is 5.49 Å². The first-order valence-electron chi connectivity index (χ1n) is 9.81. The van der Waals surface area contributed by atoms with E-state index in [1.807, 2.05) is 42.5 Å². The minimum Gasteiger partial charge on any atom is -0.345 e. The maximum absolute atomic E-state index is 12.1. The second-order valence-corrected chi connectivity index (χ2v) is 7.45. The number of fused-ring (bicyclic) bond motifs is 1. The highest BCUT2D eigenvalue weighted by Crippen LogP contribution is 2.18. The molecular formula is C24H22N6O. The first-order valence-corrected chi connectivity index (χ1v) is 9.81. The number of carbonyl (C=O) groups is 1. The van der Waals surface area contributed by atoms with Crippen molar-refractivity contribution in [3.8, 4) is 11.3 Å². The van der Waals surface area contributed by atoms with Gasteiger partial charge in [-0.1, -0.05) is 24.3 Å². The van der Waals surface area contributed by atoms with Crippen molar-refractivity contribution in [3.63, 3.8) is 0 Å². The summed E-state index contributed by atoms with van der Waals surface area (Å²) >= 11 is 0. The van der Waals surface area contributed by atoms with E-state index in [2.05, 4.69) is 10.1 Å². The molecule has 0 atom stereocenters. The van der Waals surface area contributed by atoms with Gasteiger partial charge in [0.1, 0.15) is 11.3 Å². The summed E-state index contributed by atoms with van der Waals surface area (Å²) in [5.41, 5.74) is 4.04. The molecule has 2 heterocycles. The zero-order valence-corrected chi connectivity index (χ0v) is 17.3. The van der Waals surface area contributed by atoms with E-state index in [1.54, 1.807) is 44.6 Å². The monoisotopic (exact) mass is 410 g/mol. The van der Waals surface area contributed by atoms with Gasteiger partial charge in [-0.05, 0) is 48.0 Å². The van der Waals surface area contributed by atoms with Crippen molar-refractivity contribution in [2.24, 2.45) is 0 Å².